The molecule has 0 saturated heterocycles. The minimum atomic E-state index is -3.80. The Morgan fingerprint density at radius 2 is 1.88 bits per heavy atom. The van der Waals surface area contributed by atoms with E-state index in [9.17, 15) is 8.42 Å². The van der Waals surface area contributed by atoms with Gasteiger partial charge < -0.3 is 8.92 Å². The molecule has 0 bridgehead atoms. The van der Waals surface area contributed by atoms with Crippen LogP contribution < -0.4 is 4.18 Å². The Hall–Kier alpha value is -1.27. The maximum atomic E-state index is 11.3. The van der Waals surface area contributed by atoms with Crippen LogP contribution in [-0.4, -0.2) is 27.2 Å². The number of nitrogens with one attached hydrogen (secondary N) is 1. The molecule has 0 spiro atoms. The Balaban J connectivity index is 0.00000225. The number of benzene rings is 1. The summed E-state index contributed by atoms with van der Waals surface area (Å²) in [6.07, 6.45) is 0. The molecule has 0 aromatic heterocycles. The quantitative estimate of drug-likeness (QED) is 0.508. The third-order valence-electron chi connectivity index (χ3n) is 1.52. The molecule has 0 aliphatic carbocycles. The van der Waals surface area contributed by atoms with Crippen LogP contribution in [0.4, 0.5) is 0 Å². The first kappa shape index (κ1) is 14.7. The van der Waals surface area contributed by atoms with Crippen molar-refractivity contribution >= 4 is 28.4 Å². The minimum Gasteiger partial charge on any atom is -0.484 e. The van der Waals surface area contributed by atoms with Crippen LogP contribution >= 0.6 is 12.4 Å². The summed E-state index contributed by atoms with van der Waals surface area (Å²) in [6, 6.07) is 8.11. The van der Waals surface area contributed by atoms with Crippen LogP contribution in [0.25, 0.3) is 0 Å². The molecule has 0 amide bonds. The number of para-hydroxylation sites is 1. The van der Waals surface area contributed by atoms with E-state index in [-0.39, 0.29) is 24.1 Å². The lowest BCUT2D eigenvalue weighted by molar-refractivity contribution is 0.393. The van der Waals surface area contributed by atoms with Crippen LogP contribution in [0.1, 0.15) is 0 Å². The van der Waals surface area contributed by atoms with Gasteiger partial charge in [0.05, 0.1) is 7.11 Å². The van der Waals surface area contributed by atoms with Crippen molar-refractivity contribution in [3.8, 4) is 5.75 Å². The van der Waals surface area contributed by atoms with E-state index in [1.807, 2.05) is 0 Å². The van der Waals surface area contributed by atoms with E-state index < -0.39 is 15.9 Å². The molecule has 0 saturated carbocycles. The number of hydrogen-bond donors (Lipinski definition) is 1. The van der Waals surface area contributed by atoms with E-state index in [0.717, 1.165) is 0 Å². The predicted octanol–water partition coefficient (Wildman–Crippen LogP) is 1.44. The minimum absolute atomic E-state index is 0. The van der Waals surface area contributed by atoms with E-state index in [1.165, 1.54) is 19.2 Å². The summed E-state index contributed by atoms with van der Waals surface area (Å²) in [5, 5.41) is 7.08. The summed E-state index contributed by atoms with van der Waals surface area (Å²) in [6.45, 7) is 0. The first-order valence-corrected chi connectivity index (χ1v) is 5.70. The highest BCUT2D eigenvalue weighted by Crippen LogP contribution is 2.11. The maximum absolute atomic E-state index is 11.3. The lowest BCUT2D eigenvalue weighted by atomic mass is 10.3. The van der Waals surface area contributed by atoms with Gasteiger partial charge in [0, 0.05) is 0 Å². The maximum Gasteiger partial charge on any atom is 0.318 e. The van der Waals surface area contributed by atoms with Gasteiger partial charge in [-0.25, -0.2) is 0 Å². The Labute approximate surface area is 100 Å². The highest BCUT2D eigenvalue weighted by molar-refractivity contribution is 7.87. The molecule has 1 rings (SSSR count). The fraction of sp³-hybridized carbons (Fsp3) is 0.222. The van der Waals surface area contributed by atoms with Crippen molar-refractivity contribution in [3.05, 3.63) is 30.3 Å². The van der Waals surface area contributed by atoms with Gasteiger partial charge in [0.2, 0.25) is 0 Å². The molecule has 16 heavy (non-hydrogen) atoms. The average Bonchev–Trinajstić information content (AvgIpc) is 2.17. The summed E-state index contributed by atoms with van der Waals surface area (Å²) in [7, 11) is -2.56. The van der Waals surface area contributed by atoms with E-state index in [4.69, 9.17) is 9.59 Å². The molecule has 0 radical (unpaired) electrons. The van der Waals surface area contributed by atoms with Gasteiger partial charge in [-0.05, 0) is 12.1 Å². The monoisotopic (exact) mass is 265 g/mol. The highest BCUT2D eigenvalue weighted by atomic mass is 35.5. The Morgan fingerprint density at radius 1 is 1.31 bits per heavy atom. The molecule has 1 aromatic carbocycles. The van der Waals surface area contributed by atoms with Gasteiger partial charge in [-0.3, -0.25) is 5.41 Å². The summed E-state index contributed by atoms with van der Waals surface area (Å²) >= 11 is 0. The van der Waals surface area contributed by atoms with Gasteiger partial charge in [0.25, 0.3) is 0 Å². The molecular weight excluding hydrogens is 254 g/mol. The molecule has 1 N–H and O–H groups in total. The van der Waals surface area contributed by atoms with Crippen LogP contribution in [0.15, 0.2) is 30.3 Å². The molecule has 7 heteroatoms. The lowest BCUT2D eigenvalue weighted by Crippen LogP contribution is -2.21. The zero-order valence-electron chi connectivity index (χ0n) is 8.54. The third-order valence-corrected chi connectivity index (χ3v) is 2.58. The van der Waals surface area contributed by atoms with Gasteiger partial charge in [-0.1, -0.05) is 18.2 Å². The third kappa shape index (κ3) is 4.99. The molecule has 0 unspecified atom stereocenters. The van der Waals surface area contributed by atoms with E-state index in [0.29, 0.717) is 0 Å². The second kappa shape index (κ2) is 6.34. The van der Waals surface area contributed by atoms with Gasteiger partial charge in [0.1, 0.15) is 5.75 Å². The molecule has 1 aromatic rings. The standard InChI is InChI=1S/C9H11NO4S.ClH/c1-13-9(10)7-15(11,12)14-8-5-3-2-4-6-8;/h2-6,10H,7H2,1H3;1H. The summed E-state index contributed by atoms with van der Waals surface area (Å²) in [5.74, 6) is -0.703. The smallest absolute Gasteiger partial charge is 0.318 e. The predicted molar refractivity (Wildman–Crippen MR) is 62.8 cm³/mol. The van der Waals surface area contributed by atoms with Crippen LogP contribution in [-0.2, 0) is 14.9 Å². The van der Waals surface area contributed by atoms with Crippen molar-refractivity contribution < 1.29 is 17.3 Å². The molecule has 5 nitrogen and oxygen atoms in total. The zero-order chi connectivity index (χ0) is 11.3. The van der Waals surface area contributed by atoms with Crippen molar-refractivity contribution in [2.45, 2.75) is 0 Å². The largest absolute Gasteiger partial charge is 0.484 e. The highest BCUT2D eigenvalue weighted by Gasteiger charge is 2.16. The van der Waals surface area contributed by atoms with Crippen LogP contribution in [0.2, 0.25) is 0 Å². The van der Waals surface area contributed by atoms with Crippen LogP contribution in [0.3, 0.4) is 0 Å². The van der Waals surface area contributed by atoms with Crippen LogP contribution in [0.5, 0.6) is 5.75 Å². The van der Waals surface area contributed by atoms with Gasteiger partial charge in [-0.15, -0.1) is 12.4 Å². The van der Waals surface area contributed by atoms with Crippen LogP contribution in [0, 0.1) is 5.41 Å². The van der Waals surface area contributed by atoms with Crippen molar-refractivity contribution in [3.63, 3.8) is 0 Å². The first-order chi connectivity index (χ1) is 7.03. The number of hydrogen-bond acceptors (Lipinski definition) is 5. The summed E-state index contributed by atoms with van der Waals surface area (Å²) < 4.78 is 31.8. The number of rotatable bonds is 4. The average molecular weight is 266 g/mol. The second-order valence-electron chi connectivity index (χ2n) is 2.73. The summed E-state index contributed by atoms with van der Waals surface area (Å²) in [5.41, 5.74) is 0. The van der Waals surface area contributed by atoms with Crippen molar-refractivity contribution in [1.29, 1.82) is 5.41 Å². The fourth-order valence-electron chi connectivity index (χ4n) is 0.872. The van der Waals surface area contributed by atoms with Gasteiger partial charge in [-0.2, -0.15) is 8.42 Å². The zero-order valence-corrected chi connectivity index (χ0v) is 10.2. The normalized spacial score (nSPS) is 10.1. The van der Waals surface area contributed by atoms with Gasteiger partial charge in [0.15, 0.2) is 11.7 Å². The second-order valence-corrected chi connectivity index (χ2v) is 4.30. The summed E-state index contributed by atoms with van der Waals surface area (Å²) in [4.78, 5) is 0. The molecule has 0 aliphatic rings. The Morgan fingerprint density at radius 3 is 2.38 bits per heavy atom. The van der Waals surface area contributed by atoms with Crippen molar-refractivity contribution in [2.75, 3.05) is 12.9 Å². The Bertz CT molecular complexity index is 432. The molecular formula is C9H12ClNO4S. The van der Waals surface area contributed by atoms with E-state index in [2.05, 4.69) is 4.74 Å². The molecule has 0 atom stereocenters. The SMILES string of the molecule is COC(=N)CS(=O)(=O)Oc1ccccc1.Cl. The molecule has 0 fully saturated rings. The topological polar surface area (TPSA) is 76.5 Å². The van der Waals surface area contributed by atoms with Crippen molar-refractivity contribution in [1.82, 2.24) is 0 Å². The number of methoxy groups -OCH3 is 1. The molecule has 0 heterocycles. The molecule has 0 aliphatic heterocycles. The van der Waals surface area contributed by atoms with E-state index in [1.54, 1.807) is 18.2 Å². The lowest BCUT2D eigenvalue weighted by Gasteiger charge is -2.06. The van der Waals surface area contributed by atoms with Gasteiger partial charge >= 0.3 is 10.1 Å². The molecule has 90 valence electrons. The Kier molecular flexibility index (Phi) is 5.84. The van der Waals surface area contributed by atoms with Crippen molar-refractivity contribution in [2.24, 2.45) is 0 Å². The first-order valence-electron chi connectivity index (χ1n) is 4.12. The fourth-order valence-corrected chi connectivity index (χ4v) is 1.77. The number of halogens is 1. The van der Waals surface area contributed by atoms with E-state index >= 15 is 0 Å². The number of ether oxygens (including phenoxy) is 1.